The number of benzene rings is 1. The Hall–Kier alpha value is -3.17. The molecule has 7 nitrogen and oxygen atoms in total. The second kappa shape index (κ2) is 8.76. The van der Waals surface area contributed by atoms with Crippen LogP contribution in [0.4, 0.5) is 5.69 Å². The minimum atomic E-state index is -0.600. The minimum Gasteiger partial charge on any atom is -0.454 e. The smallest absolute Gasteiger partial charge is 0.269 e. The maximum absolute atomic E-state index is 13.1. The maximum Gasteiger partial charge on any atom is 0.269 e. The van der Waals surface area contributed by atoms with E-state index in [0.717, 1.165) is 5.56 Å². The van der Waals surface area contributed by atoms with Gasteiger partial charge in [-0.05, 0) is 40.6 Å². The molecule has 0 saturated carbocycles. The minimum absolute atomic E-state index is 0.120. The van der Waals surface area contributed by atoms with E-state index in [1.807, 2.05) is 37.6 Å². The molecule has 32 heavy (non-hydrogen) atoms. The number of rotatable bonds is 5. The molecule has 1 aliphatic heterocycles. The molecule has 4 rings (SSSR count). The number of amides is 1. The molecule has 166 valence electrons. The van der Waals surface area contributed by atoms with Gasteiger partial charge in [-0.1, -0.05) is 20.8 Å². The number of hydrogen-bond donors (Lipinski definition) is 1. The van der Waals surface area contributed by atoms with Gasteiger partial charge in [0.15, 0.2) is 17.3 Å². The number of ether oxygens (including phenoxy) is 2. The van der Waals surface area contributed by atoms with Crippen LogP contribution in [0, 0.1) is 5.41 Å². The normalized spacial score (nSPS) is 14.1. The molecule has 3 aromatic rings. The van der Waals surface area contributed by atoms with Crippen LogP contribution in [0.25, 0.3) is 12.2 Å². The molecule has 3 heterocycles. The number of nitrogens with zero attached hydrogens (tertiary/aromatic N) is 1. The van der Waals surface area contributed by atoms with E-state index >= 15 is 0 Å². The largest absolute Gasteiger partial charge is 0.454 e. The van der Waals surface area contributed by atoms with Gasteiger partial charge in [-0.3, -0.25) is 19.0 Å². The molecule has 0 atom stereocenters. The van der Waals surface area contributed by atoms with Crippen LogP contribution in [0.2, 0.25) is 0 Å². The van der Waals surface area contributed by atoms with Gasteiger partial charge < -0.3 is 14.8 Å². The van der Waals surface area contributed by atoms with E-state index in [-0.39, 0.29) is 30.6 Å². The first-order valence-corrected chi connectivity index (χ1v) is 11.7. The van der Waals surface area contributed by atoms with Crippen molar-refractivity contribution in [2.75, 3.05) is 12.1 Å². The summed E-state index contributed by atoms with van der Waals surface area (Å²) in [6.45, 7) is 5.36. The fraction of sp³-hybridized carbons (Fsp3) is 0.261. The summed E-state index contributed by atoms with van der Waals surface area (Å²) in [6, 6.07) is 6.99. The second-order valence-electron chi connectivity index (χ2n) is 8.27. The zero-order valence-electron chi connectivity index (χ0n) is 17.8. The Labute approximate surface area is 192 Å². The third-order valence-corrected chi connectivity index (χ3v) is 6.49. The topological polar surface area (TPSA) is 86.6 Å². The number of anilines is 1. The molecule has 0 unspecified atom stereocenters. The van der Waals surface area contributed by atoms with Gasteiger partial charge in [-0.2, -0.15) is 11.3 Å². The van der Waals surface area contributed by atoms with E-state index in [1.54, 1.807) is 24.3 Å². The predicted molar refractivity (Wildman–Crippen MR) is 126 cm³/mol. The lowest BCUT2D eigenvalue weighted by Crippen LogP contribution is -2.36. The summed E-state index contributed by atoms with van der Waals surface area (Å²) in [4.78, 5) is 38.4. The molecule has 9 heteroatoms. The van der Waals surface area contributed by atoms with Crippen molar-refractivity contribution in [2.24, 2.45) is 5.41 Å². The fourth-order valence-electron chi connectivity index (χ4n) is 2.95. The lowest BCUT2D eigenvalue weighted by molar-refractivity contribution is -0.120. The first-order chi connectivity index (χ1) is 15.2. The number of thiazole rings is 1. The number of ketones is 1. The maximum atomic E-state index is 13.1. The van der Waals surface area contributed by atoms with Crippen molar-refractivity contribution in [3.05, 3.63) is 60.1 Å². The van der Waals surface area contributed by atoms with Crippen molar-refractivity contribution >= 4 is 52.2 Å². The molecule has 0 saturated heterocycles. The van der Waals surface area contributed by atoms with Crippen LogP contribution in [0.15, 0.2) is 39.8 Å². The average Bonchev–Trinajstić information content (AvgIpc) is 3.45. The van der Waals surface area contributed by atoms with Gasteiger partial charge in [0.2, 0.25) is 12.7 Å². The number of aromatic nitrogens is 1. The second-order valence-corrected chi connectivity index (χ2v) is 10.1. The van der Waals surface area contributed by atoms with Gasteiger partial charge in [0.1, 0.15) is 11.2 Å². The van der Waals surface area contributed by atoms with Crippen LogP contribution in [0.1, 0.15) is 26.3 Å². The SMILES string of the molecule is CC(C)(C)C(=O)C=c1sc(=Cc2ccsc2)c(=O)n1CC(=O)Nc1ccc2c(c1)OCO2. The monoisotopic (exact) mass is 470 g/mol. The van der Waals surface area contributed by atoms with E-state index in [2.05, 4.69) is 5.32 Å². The molecule has 1 amide bonds. The van der Waals surface area contributed by atoms with Crippen molar-refractivity contribution in [3.8, 4) is 11.5 Å². The van der Waals surface area contributed by atoms with E-state index < -0.39 is 5.41 Å². The lowest BCUT2D eigenvalue weighted by Gasteiger charge is -2.13. The average molecular weight is 471 g/mol. The molecule has 0 radical (unpaired) electrons. The Morgan fingerprint density at radius 3 is 2.69 bits per heavy atom. The number of nitrogens with one attached hydrogen (secondary N) is 1. The van der Waals surface area contributed by atoms with Crippen LogP contribution < -0.4 is 29.5 Å². The van der Waals surface area contributed by atoms with E-state index in [1.165, 1.54) is 33.3 Å². The molecular formula is C23H22N2O5S2. The molecule has 2 aromatic heterocycles. The molecule has 0 spiro atoms. The predicted octanol–water partition coefficient (Wildman–Crippen LogP) is 2.56. The Balaban J connectivity index is 1.68. The lowest BCUT2D eigenvalue weighted by atomic mass is 9.91. The third kappa shape index (κ3) is 4.84. The van der Waals surface area contributed by atoms with Crippen LogP contribution in [-0.2, 0) is 16.1 Å². The summed E-state index contributed by atoms with van der Waals surface area (Å²) in [5.74, 6) is 0.658. The molecule has 1 N–H and O–H groups in total. The first-order valence-electron chi connectivity index (χ1n) is 9.90. The Kier molecular flexibility index (Phi) is 6.03. The Morgan fingerprint density at radius 2 is 1.97 bits per heavy atom. The van der Waals surface area contributed by atoms with Gasteiger partial charge in [0, 0.05) is 23.2 Å². The third-order valence-electron chi connectivity index (χ3n) is 4.73. The van der Waals surface area contributed by atoms with Gasteiger partial charge in [0.05, 0.1) is 4.53 Å². The number of thiophene rings is 1. The Bertz CT molecular complexity index is 1340. The molecular weight excluding hydrogens is 448 g/mol. The number of carbonyl (C=O) groups excluding carboxylic acids is 2. The van der Waals surface area contributed by atoms with Crippen molar-refractivity contribution in [1.82, 2.24) is 4.57 Å². The van der Waals surface area contributed by atoms with Crippen molar-refractivity contribution < 1.29 is 19.1 Å². The summed E-state index contributed by atoms with van der Waals surface area (Å²) in [6.07, 6.45) is 3.22. The van der Waals surface area contributed by atoms with Crippen LogP contribution in [0.5, 0.6) is 11.5 Å². The van der Waals surface area contributed by atoms with E-state index in [4.69, 9.17) is 9.47 Å². The number of Topliss-reactive ketones (excluding diaryl/α,β-unsaturated/α-hetero) is 1. The zero-order chi connectivity index (χ0) is 22.9. The summed E-state index contributed by atoms with van der Waals surface area (Å²) in [7, 11) is 0. The number of carbonyl (C=O) groups is 2. The number of fused-ring (bicyclic) bond motifs is 1. The van der Waals surface area contributed by atoms with Crippen LogP contribution >= 0.6 is 22.7 Å². The first kappa shape index (κ1) is 22.0. The molecule has 1 aliphatic rings. The fourth-order valence-corrected chi connectivity index (χ4v) is 4.61. The van der Waals surface area contributed by atoms with Gasteiger partial charge in [0.25, 0.3) is 5.56 Å². The van der Waals surface area contributed by atoms with E-state index in [9.17, 15) is 14.4 Å². The number of hydrogen-bond acceptors (Lipinski definition) is 7. The highest BCUT2D eigenvalue weighted by atomic mass is 32.1. The molecule has 0 fully saturated rings. The standard InChI is InChI=1S/C23H22N2O5S2/c1-23(2,3)19(26)10-21-25(22(28)18(32-21)8-14-6-7-31-12-14)11-20(27)24-15-4-5-16-17(9-15)30-13-29-16/h4-10,12H,11,13H2,1-3H3,(H,24,27). The summed E-state index contributed by atoms with van der Waals surface area (Å²) in [5.41, 5.74) is 0.523. The highest BCUT2D eigenvalue weighted by Gasteiger charge is 2.20. The van der Waals surface area contributed by atoms with Gasteiger partial charge in [-0.15, -0.1) is 11.3 Å². The van der Waals surface area contributed by atoms with Gasteiger partial charge >= 0.3 is 0 Å². The van der Waals surface area contributed by atoms with Crippen molar-refractivity contribution in [2.45, 2.75) is 27.3 Å². The quantitative estimate of drug-likeness (QED) is 0.619. The van der Waals surface area contributed by atoms with Crippen LogP contribution in [-0.4, -0.2) is 23.1 Å². The molecule has 0 bridgehead atoms. The molecule has 1 aromatic carbocycles. The van der Waals surface area contributed by atoms with Crippen molar-refractivity contribution in [3.63, 3.8) is 0 Å². The van der Waals surface area contributed by atoms with E-state index in [0.29, 0.717) is 26.4 Å². The summed E-state index contributed by atoms with van der Waals surface area (Å²) >= 11 is 2.73. The highest BCUT2D eigenvalue weighted by molar-refractivity contribution is 7.08. The summed E-state index contributed by atoms with van der Waals surface area (Å²) < 4.78 is 12.9. The highest BCUT2D eigenvalue weighted by Crippen LogP contribution is 2.34. The molecule has 0 aliphatic carbocycles. The van der Waals surface area contributed by atoms with Gasteiger partial charge in [-0.25, -0.2) is 0 Å². The zero-order valence-corrected chi connectivity index (χ0v) is 19.5. The van der Waals surface area contributed by atoms with Crippen molar-refractivity contribution in [1.29, 1.82) is 0 Å². The summed E-state index contributed by atoms with van der Waals surface area (Å²) in [5, 5.41) is 6.63. The van der Waals surface area contributed by atoms with Crippen LogP contribution in [0.3, 0.4) is 0 Å². The Morgan fingerprint density at radius 1 is 1.19 bits per heavy atom.